The van der Waals surface area contributed by atoms with E-state index in [2.05, 4.69) is 20.4 Å². The fraction of sp³-hybridized carbons (Fsp3) is 0.500. The van der Waals surface area contributed by atoms with Crippen LogP contribution < -0.4 is 0 Å². The van der Waals surface area contributed by atoms with E-state index in [9.17, 15) is 4.79 Å². The minimum atomic E-state index is -0.637. The minimum Gasteiger partial charge on any atom is -0.459 e. The molecule has 0 saturated carbocycles. The molecule has 120 valence electrons. The van der Waals surface area contributed by atoms with Gasteiger partial charge in [0.05, 0.1) is 0 Å². The van der Waals surface area contributed by atoms with Crippen molar-refractivity contribution in [3.63, 3.8) is 0 Å². The summed E-state index contributed by atoms with van der Waals surface area (Å²) in [6.07, 6.45) is 3.65. The number of nitrogens with zero attached hydrogens (tertiary/aromatic N) is 5. The van der Waals surface area contributed by atoms with Crippen molar-refractivity contribution in [3.05, 3.63) is 42.2 Å². The monoisotopic (exact) mass is 313 g/mol. The molecule has 4 heterocycles. The molecule has 23 heavy (non-hydrogen) atoms. The van der Waals surface area contributed by atoms with Crippen LogP contribution in [-0.4, -0.2) is 56.8 Å². The molecule has 3 aliphatic rings. The molecule has 7 nitrogen and oxygen atoms in total. The van der Waals surface area contributed by atoms with Gasteiger partial charge in [0.2, 0.25) is 0 Å². The molecule has 0 spiro atoms. The Balaban J connectivity index is 1.56. The maximum absolute atomic E-state index is 12.8. The zero-order chi connectivity index (χ0) is 15.6. The van der Waals surface area contributed by atoms with Crippen molar-refractivity contribution in [3.8, 4) is 0 Å². The fourth-order valence-electron chi connectivity index (χ4n) is 3.58. The van der Waals surface area contributed by atoms with Crippen molar-refractivity contribution in [2.45, 2.75) is 25.0 Å². The first-order chi connectivity index (χ1) is 11.3. The van der Waals surface area contributed by atoms with E-state index in [-0.39, 0.29) is 12.1 Å². The average Bonchev–Trinajstić information content (AvgIpc) is 3.11. The molecule has 1 aromatic carbocycles. The highest BCUT2D eigenvalue weighted by Gasteiger charge is 2.38. The van der Waals surface area contributed by atoms with Crippen LogP contribution in [0, 0.1) is 5.92 Å². The van der Waals surface area contributed by atoms with Gasteiger partial charge in [0.15, 0.2) is 6.04 Å². The number of fused-ring (bicyclic) bond motifs is 3. The van der Waals surface area contributed by atoms with Crippen molar-refractivity contribution in [2.75, 3.05) is 19.6 Å². The molecular formula is C16H19N5O2. The lowest BCUT2D eigenvalue weighted by molar-refractivity contribution is -0.161. The Morgan fingerprint density at radius 1 is 1.22 bits per heavy atom. The number of benzene rings is 1. The summed E-state index contributed by atoms with van der Waals surface area (Å²) in [5, 5.41) is 11.2. The molecule has 7 heteroatoms. The summed E-state index contributed by atoms with van der Waals surface area (Å²) in [5.41, 5.74) is 0.825. The summed E-state index contributed by atoms with van der Waals surface area (Å²) in [6, 6.07) is 8.86. The third kappa shape index (κ3) is 2.84. The predicted molar refractivity (Wildman–Crippen MR) is 81.4 cm³/mol. The summed E-state index contributed by atoms with van der Waals surface area (Å²) in [6.45, 7) is 3.08. The number of piperidine rings is 3. The van der Waals surface area contributed by atoms with Crippen molar-refractivity contribution >= 4 is 5.97 Å². The Bertz CT molecular complexity index is 652. The third-order valence-electron chi connectivity index (χ3n) is 4.83. The van der Waals surface area contributed by atoms with E-state index >= 15 is 0 Å². The van der Waals surface area contributed by atoms with Gasteiger partial charge in [-0.15, -0.1) is 5.10 Å². The van der Waals surface area contributed by atoms with Gasteiger partial charge in [-0.1, -0.05) is 30.3 Å². The fourth-order valence-corrected chi connectivity index (χ4v) is 3.58. The van der Waals surface area contributed by atoms with Gasteiger partial charge in [-0.3, -0.25) is 4.90 Å². The van der Waals surface area contributed by atoms with Crippen LogP contribution >= 0.6 is 0 Å². The zero-order valence-electron chi connectivity index (χ0n) is 12.8. The van der Waals surface area contributed by atoms with Crippen LogP contribution in [0.25, 0.3) is 0 Å². The molecule has 1 aromatic heterocycles. The second-order valence-electron chi connectivity index (χ2n) is 6.22. The minimum absolute atomic E-state index is 0.0207. The van der Waals surface area contributed by atoms with Crippen LogP contribution in [0.5, 0.6) is 0 Å². The standard InChI is InChI=1S/C16H19N5O2/c22-16(23-14-10-20-8-6-12(14)7-9-20)15(21-11-17-18-19-21)13-4-2-1-3-5-13/h1-5,11-12,14-15H,6-10H2/t14-,15?/m0/s1. The summed E-state index contributed by atoms with van der Waals surface area (Å²) in [5.74, 6) is 0.191. The van der Waals surface area contributed by atoms with Gasteiger partial charge in [0.25, 0.3) is 0 Å². The van der Waals surface area contributed by atoms with Crippen LogP contribution in [0.15, 0.2) is 36.7 Å². The summed E-state index contributed by atoms with van der Waals surface area (Å²) in [4.78, 5) is 15.2. The van der Waals surface area contributed by atoms with Crippen molar-refractivity contribution in [1.29, 1.82) is 0 Å². The highest BCUT2D eigenvalue weighted by atomic mass is 16.5. The third-order valence-corrected chi connectivity index (χ3v) is 4.83. The number of carbonyl (C=O) groups excluding carboxylic acids is 1. The number of ether oxygens (including phenoxy) is 1. The van der Waals surface area contributed by atoms with Gasteiger partial charge in [-0.2, -0.15) is 0 Å². The molecule has 3 fully saturated rings. The van der Waals surface area contributed by atoms with Gasteiger partial charge < -0.3 is 4.74 Å². The number of aromatic nitrogens is 4. The van der Waals surface area contributed by atoms with Crippen molar-refractivity contribution in [2.24, 2.45) is 5.92 Å². The molecule has 1 unspecified atom stereocenters. The van der Waals surface area contributed by atoms with E-state index in [4.69, 9.17) is 4.74 Å². The smallest absolute Gasteiger partial charge is 0.336 e. The highest BCUT2D eigenvalue weighted by Crippen LogP contribution is 2.31. The van der Waals surface area contributed by atoms with E-state index in [1.807, 2.05) is 30.3 Å². The van der Waals surface area contributed by atoms with E-state index < -0.39 is 6.04 Å². The average molecular weight is 313 g/mol. The van der Waals surface area contributed by atoms with Gasteiger partial charge in [0, 0.05) is 6.54 Å². The molecule has 2 bridgehead atoms. The second-order valence-corrected chi connectivity index (χ2v) is 6.22. The van der Waals surface area contributed by atoms with Crippen LogP contribution in [0.2, 0.25) is 0 Å². The first-order valence-corrected chi connectivity index (χ1v) is 8.01. The number of carbonyl (C=O) groups is 1. The SMILES string of the molecule is O=C(O[C@H]1CN2CCC1CC2)C(c1ccccc1)n1cnnn1. The van der Waals surface area contributed by atoms with Gasteiger partial charge in [-0.05, 0) is 47.8 Å². The summed E-state index contributed by atoms with van der Waals surface area (Å²) in [7, 11) is 0. The van der Waals surface area contributed by atoms with Gasteiger partial charge in [0.1, 0.15) is 12.4 Å². The summed E-state index contributed by atoms with van der Waals surface area (Å²) < 4.78 is 7.33. The molecule has 2 aromatic rings. The molecule has 3 aliphatic heterocycles. The molecule has 3 saturated heterocycles. The second kappa shape index (κ2) is 6.08. The molecule has 0 amide bonds. The number of rotatable bonds is 4. The lowest BCUT2D eigenvalue weighted by atomic mass is 9.86. The van der Waals surface area contributed by atoms with Crippen LogP contribution in [0.1, 0.15) is 24.4 Å². The molecule has 0 radical (unpaired) electrons. The maximum atomic E-state index is 12.8. The zero-order valence-corrected chi connectivity index (χ0v) is 12.8. The number of hydrogen-bond acceptors (Lipinski definition) is 6. The van der Waals surface area contributed by atoms with Crippen molar-refractivity contribution in [1.82, 2.24) is 25.1 Å². The molecule has 0 N–H and O–H groups in total. The van der Waals surface area contributed by atoms with Crippen LogP contribution in [0.3, 0.4) is 0 Å². The Hall–Kier alpha value is -2.28. The van der Waals surface area contributed by atoms with E-state index in [0.717, 1.165) is 38.0 Å². The van der Waals surface area contributed by atoms with Crippen molar-refractivity contribution < 1.29 is 9.53 Å². The van der Waals surface area contributed by atoms with E-state index in [0.29, 0.717) is 5.92 Å². The Kier molecular flexibility index (Phi) is 3.78. The lowest BCUT2D eigenvalue weighted by Crippen LogP contribution is -2.52. The van der Waals surface area contributed by atoms with Gasteiger partial charge >= 0.3 is 5.97 Å². The first kappa shape index (κ1) is 14.3. The Morgan fingerprint density at radius 2 is 2.00 bits per heavy atom. The Morgan fingerprint density at radius 3 is 2.61 bits per heavy atom. The largest absolute Gasteiger partial charge is 0.459 e. The van der Waals surface area contributed by atoms with Gasteiger partial charge in [-0.25, -0.2) is 9.48 Å². The number of tetrazole rings is 1. The molecule has 2 atom stereocenters. The maximum Gasteiger partial charge on any atom is 0.336 e. The number of esters is 1. The lowest BCUT2D eigenvalue weighted by Gasteiger charge is -2.44. The Labute approximate surface area is 134 Å². The summed E-state index contributed by atoms with van der Waals surface area (Å²) >= 11 is 0. The predicted octanol–water partition coefficient (Wildman–Crippen LogP) is 0.900. The molecule has 0 aliphatic carbocycles. The normalized spacial score (nSPS) is 27.6. The van der Waals surface area contributed by atoms with Crippen LogP contribution in [-0.2, 0) is 9.53 Å². The topological polar surface area (TPSA) is 73.1 Å². The van der Waals surface area contributed by atoms with Crippen LogP contribution in [0.4, 0.5) is 0 Å². The number of hydrogen-bond donors (Lipinski definition) is 0. The van der Waals surface area contributed by atoms with E-state index in [1.54, 1.807) is 0 Å². The van der Waals surface area contributed by atoms with E-state index in [1.165, 1.54) is 11.0 Å². The first-order valence-electron chi connectivity index (χ1n) is 8.01. The molecule has 5 rings (SSSR count). The molecular weight excluding hydrogens is 294 g/mol. The quantitative estimate of drug-likeness (QED) is 0.781. The highest BCUT2D eigenvalue weighted by molar-refractivity contribution is 5.78.